The molecule has 2 N–H and O–H groups in total. The normalized spacial score (nSPS) is 16.6. The van der Waals surface area contributed by atoms with Crippen LogP contribution in [-0.2, 0) is 11.3 Å². The molecule has 0 spiro atoms. The van der Waals surface area contributed by atoms with Crippen molar-refractivity contribution in [3.05, 3.63) is 35.4 Å². The van der Waals surface area contributed by atoms with Crippen LogP contribution in [0, 0.1) is 5.92 Å². The van der Waals surface area contributed by atoms with Gasteiger partial charge >= 0.3 is 0 Å². The lowest BCUT2D eigenvalue weighted by atomic mass is 9.97. The molecule has 0 bridgehead atoms. The third-order valence-corrected chi connectivity index (χ3v) is 3.82. The van der Waals surface area contributed by atoms with E-state index in [1.165, 1.54) is 11.1 Å². The Morgan fingerprint density at radius 3 is 2.47 bits per heavy atom. The Morgan fingerprint density at radius 1 is 1.26 bits per heavy atom. The Balaban J connectivity index is 1.82. The van der Waals surface area contributed by atoms with Crippen LogP contribution in [-0.4, -0.2) is 19.0 Å². The topological polar surface area (TPSA) is 41.1 Å². The number of amides is 1. The van der Waals surface area contributed by atoms with E-state index in [4.69, 9.17) is 0 Å². The Morgan fingerprint density at radius 2 is 1.89 bits per heavy atom. The van der Waals surface area contributed by atoms with Crippen molar-refractivity contribution < 1.29 is 4.79 Å². The lowest BCUT2D eigenvalue weighted by Crippen LogP contribution is -2.37. The van der Waals surface area contributed by atoms with Crippen LogP contribution in [0.4, 0.5) is 0 Å². The molecule has 1 aromatic rings. The molecule has 0 aliphatic carbocycles. The second-order valence-corrected chi connectivity index (χ2v) is 5.64. The van der Waals surface area contributed by atoms with Crippen LogP contribution in [0.1, 0.15) is 43.7 Å². The second-order valence-electron chi connectivity index (χ2n) is 5.64. The van der Waals surface area contributed by atoms with E-state index in [9.17, 15) is 4.79 Å². The van der Waals surface area contributed by atoms with Crippen molar-refractivity contribution in [3.8, 4) is 0 Å². The van der Waals surface area contributed by atoms with Crippen LogP contribution >= 0.6 is 0 Å². The number of carbonyl (C=O) groups is 1. The molecule has 19 heavy (non-hydrogen) atoms. The Labute approximate surface area is 115 Å². The first-order valence-electron chi connectivity index (χ1n) is 7.24. The van der Waals surface area contributed by atoms with Crippen LogP contribution in [0.3, 0.4) is 0 Å². The first-order valence-corrected chi connectivity index (χ1v) is 7.24. The maximum atomic E-state index is 12.0. The minimum absolute atomic E-state index is 0.191. The van der Waals surface area contributed by atoms with E-state index in [2.05, 4.69) is 48.7 Å². The van der Waals surface area contributed by atoms with E-state index in [0.717, 1.165) is 25.9 Å². The van der Waals surface area contributed by atoms with Crippen LogP contribution in [0.25, 0.3) is 0 Å². The molecule has 1 aromatic carbocycles. The zero-order chi connectivity index (χ0) is 13.7. The SMILES string of the molecule is CC(C)c1ccc(CNC(=O)C2CCNCC2)cc1. The third kappa shape index (κ3) is 4.06. The van der Waals surface area contributed by atoms with Crippen molar-refractivity contribution >= 4 is 5.91 Å². The summed E-state index contributed by atoms with van der Waals surface area (Å²) in [6.45, 7) is 6.94. The second kappa shape index (κ2) is 6.71. The number of benzene rings is 1. The predicted octanol–water partition coefficient (Wildman–Crippen LogP) is 2.43. The molecule has 1 aliphatic heterocycles. The molecule has 0 atom stereocenters. The van der Waals surface area contributed by atoms with Crippen LogP contribution in [0.5, 0.6) is 0 Å². The molecule has 3 heteroatoms. The van der Waals surface area contributed by atoms with Gasteiger partial charge in [-0.25, -0.2) is 0 Å². The van der Waals surface area contributed by atoms with E-state index in [1.54, 1.807) is 0 Å². The first kappa shape index (κ1) is 14.1. The Bertz CT molecular complexity index is 405. The van der Waals surface area contributed by atoms with Gasteiger partial charge in [0.1, 0.15) is 0 Å². The van der Waals surface area contributed by atoms with Crippen molar-refractivity contribution in [1.82, 2.24) is 10.6 Å². The molecule has 0 saturated carbocycles. The average molecular weight is 260 g/mol. The van der Waals surface area contributed by atoms with Crippen molar-refractivity contribution in [2.24, 2.45) is 5.92 Å². The minimum Gasteiger partial charge on any atom is -0.352 e. The summed E-state index contributed by atoms with van der Waals surface area (Å²) in [6.07, 6.45) is 1.91. The molecular formula is C16H24N2O. The molecular weight excluding hydrogens is 236 g/mol. The van der Waals surface area contributed by atoms with Gasteiger partial charge in [-0.2, -0.15) is 0 Å². The summed E-state index contributed by atoms with van der Waals surface area (Å²) in [5.74, 6) is 0.948. The lowest BCUT2D eigenvalue weighted by Gasteiger charge is -2.21. The zero-order valence-electron chi connectivity index (χ0n) is 11.9. The Kier molecular flexibility index (Phi) is 4.97. The van der Waals surface area contributed by atoms with Crippen LogP contribution in [0.2, 0.25) is 0 Å². The zero-order valence-corrected chi connectivity index (χ0v) is 11.9. The molecule has 2 rings (SSSR count). The van der Waals surface area contributed by atoms with E-state index < -0.39 is 0 Å². The highest BCUT2D eigenvalue weighted by Crippen LogP contribution is 2.15. The van der Waals surface area contributed by atoms with Gasteiger partial charge in [0.05, 0.1) is 0 Å². The van der Waals surface area contributed by atoms with Gasteiger partial charge < -0.3 is 10.6 Å². The summed E-state index contributed by atoms with van der Waals surface area (Å²) in [7, 11) is 0. The number of nitrogens with one attached hydrogen (secondary N) is 2. The Hall–Kier alpha value is -1.35. The number of hydrogen-bond donors (Lipinski definition) is 2. The molecule has 104 valence electrons. The molecule has 1 fully saturated rings. The quantitative estimate of drug-likeness (QED) is 0.873. The highest BCUT2D eigenvalue weighted by molar-refractivity contribution is 5.78. The summed E-state index contributed by atoms with van der Waals surface area (Å²) >= 11 is 0. The first-order chi connectivity index (χ1) is 9.16. The fourth-order valence-electron chi connectivity index (χ4n) is 2.44. The van der Waals surface area contributed by atoms with Crippen LogP contribution in [0.15, 0.2) is 24.3 Å². The van der Waals surface area contributed by atoms with E-state index >= 15 is 0 Å². The summed E-state index contributed by atoms with van der Waals surface area (Å²) in [5, 5.41) is 6.33. The van der Waals surface area contributed by atoms with Gasteiger partial charge in [-0.05, 0) is 43.0 Å². The smallest absolute Gasteiger partial charge is 0.223 e. The van der Waals surface area contributed by atoms with Gasteiger partial charge in [0, 0.05) is 12.5 Å². The largest absolute Gasteiger partial charge is 0.352 e. The molecule has 0 unspecified atom stereocenters. The fourth-order valence-corrected chi connectivity index (χ4v) is 2.44. The van der Waals surface area contributed by atoms with Gasteiger partial charge in [0.25, 0.3) is 0 Å². The highest BCUT2D eigenvalue weighted by atomic mass is 16.1. The standard InChI is InChI=1S/C16H24N2O/c1-12(2)14-5-3-13(4-6-14)11-18-16(19)15-7-9-17-10-8-15/h3-6,12,15,17H,7-11H2,1-2H3,(H,18,19). The molecule has 1 heterocycles. The van der Waals surface area contributed by atoms with Crippen LogP contribution < -0.4 is 10.6 Å². The van der Waals surface area contributed by atoms with E-state index in [0.29, 0.717) is 12.5 Å². The van der Waals surface area contributed by atoms with E-state index in [1.807, 2.05) is 0 Å². The van der Waals surface area contributed by atoms with Gasteiger partial charge in [-0.3, -0.25) is 4.79 Å². The van der Waals surface area contributed by atoms with Crippen molar-refractivity contribution in [2.75, 3.05) is 13.1 Å². The number of piperidine rings is 1. The number of carbonyl (C=O) groups excluding carboxylic acids is 1. The number of hydrogen-bond acceptors (Lipinski definition) is 2. The molecule has 1 aliphatic rings. The molecule has 0 radical (unpaired) electrons. The average Bonchev–Trinajstić information content (AvgIpc) is 2.46. The predicted molar refractivity (Wildman–Crippen MR) is 78.0 cm³/mol. The molecule has 1 saturated heterocycles. The number of rotatable bonds is 4. The minimum atomic E-state index is 0.191. The van der Waals surface area contributed by atoms with Gasteiger partial charge in [0.2, 0.25) is 5.91 Å². The van der Waals surface area contributed by atoms with E-state index in [-0.39, 0.29) is 11.8 Å². The van der Waals surface area contributed by atoms with Gasteiger partial charge in [0.15, 0.2) is 0 Å². The summed E-state index contributed by atoms with van der Waals surface area (Å²) in [4.78, 5) is 12.0. The lowest BCUT2D eigenvalue weighted by molar-refractivity contribution is -0.125. The van der Waals surface area contributed by atoms with Crippen molar-refractivity contribution in [1.29, 1.82) is 0 Å². The summed E-state index contributed by atoms with van der Waals surface area (Å²) in [5.41, 5.74) is 2.51. The maximum absolute atomic E-state index is 12.0. The van der Waals surface area contributed by atoms with Gasteiger partial charge in [-0.1, -0.05) is 38.1 Å². The van der Waals surface area contributed by atoms with Gasteiger partial charge in [-0.15, -0.1) is 0 Å². The molecule has 3 nitrogen and oxygen atoms in total. The highest BCUT2D eigenvalue weighted by Gasteiger charge is 2.20. The van der Waals surface area contributed by atoms with Crippen molar-refractivity contribution in [2.45, 2.75) is 39.2 Å². The van der Waals surface area contributed by atoms with Crippen molar-refractivity contribution in [3.63, 3.8) is 0 Å². The summed E-state index contributed by atoms with van der Waals surface area (Å²) in [6, 6.07) is 8.52. The summed E-state index contributed by atoms with van der Waals surface area (Å²) < 4.78 is 0. The maximum Gasteiger partial charge on any atom is 0.223 e. The third-order valence-electron chi connectivity index (χ3n) is 3.82. The molecule has 1 amide bonds. The monoisotopic (exact) mass is 260 g/mol. The molecule has 0 aromatic heterocycles. The fraction of sp³-hybridized carbons (Fsp3) is 0.562.